The van der Waals surface area contributed by atoms with Crippen LogP contribution in [0.3, 0.4) is 0 Å². The first-order chi connectivity index (χ1) is 11.5. The normalized spacial score (nSPS) is 15.0. The molecule has 5 nitrogen and oxygen atoms in total. The van der Waals surface area contributed by atoms with Crippen LogP contribution in [0.2, 0.25) is 0 Å². The fraction of sp³-hybridized carbons (Fsp3) is 0.389. The van der Waals surface area contributed by atoms with Crippen LogP contribution in [0.4, 0.5) is 5.69 Å². The molecule has 2 heterocycles. The van der Waals surface area contributed by atoms with Gasteiger partial charge in [0.2, 0.25) is 5.91 Å². The second-order valence-electron chi connectivity index (χ2n) is 6.26. The molecule has 1 aromatic heterocycles. The predicted octanol–water partition coefficient (Wildman–Crippen LogP) is 3.46. The van der Waals surface area contributed by atoms with Crippen LogP contribution in [0.15, 0.2) is 40.4 Å². The van der Waals surface area contributed by atoms with E-state index >= 15 is 0 Å². The number of carbonyl (C=O) groups excluding carboxylic acids is 1. The molecule has 0 radical (unpaired) electrons. The van der Waals surface area contributed by atoms with E-state index in [-0.39, 0.29) is 24.2 Å². The van der Waals surface area contributed by atoms with Crippen molar-refractivity contribution in [3.63, 3.8) is 0 Å². The van der Waals surface area contributed by atoms with Crippen molar-refractivity contribution in [3.05, 3.63) is 41.7 Å². The Hall–Kier alpha value is -1.63. The average molecular weight is 379 g/mol. The fourth-order valence-electron chi connectivity index (χ4n) is 2.59. The summed E-state index contributed by atoms with van der Waals surface area (Å²) in [6, 6.07) is 9.78. The fourth-order valence-corrected chi connectivity index (χ4v) is 3.45. The molecule has 0 saturated carbocycles. The lowest BCUT2D eigenvalue weighted by Crippen LogP contribution is -2.48. The van der Waals surface area contributed by atoms with Gasteiger partial charge in [-0.15, -0.1) is 12.4 Å². The van der Waals surface area contributed by atoms with Crippen molar-refractivity contribution in [2.24, 2.45) is 11.8 Å². The molecule has 1 aromatic carbocycles. The van der Waals surface area contributed by atoms with Crippen molar-refractivity contribution in [3.8, 4) is 0 Å². The zero-order valence-electron chi connectivity index (χ0n) is 14.6. The van der Waals surface area contributed by atoms with Gasteiger partial charge in [-0.2, -0.15) is 0 Å². The lowest BCUT2D eigenvalue weighted by molar-refractivity contribution is -0.121. The number of rotatable bonds is 5. The summed E-state index contributed by atoms with van der Waals surface area (Å²) in [4.78, 5) is 22.2. The second-order valence-corrected chi connectivity index (χ2v) is 7.30. The SMILES string of the molecule is Cc1cc(C)nc(Sc2ccc(NC(=O)C(C)C3CNC3)cc2)n1.Cl. The Balaban J connectivity index is 0.00000225. The third-order valence-corrected chi connectivity index (χ3v) is 5.10. The van der Waals surface area contributed by atoms with Crippen LogP contribution in [0.1, 0.15) is 18.3 Å². The molecule has 1 atom stereocenters. The summed E-state index contributed by atoms with van der Waals surface area (Å²) >= 11 is 1.52. The van der Waals surface area contributed by atoms with Gasteiger partial charge in [0, 0.05) is 27.9 Å². The standard InChI is InChI=1S/C18H22N4OS.ClH/c1-11-8-12(2)21-18(20-11)24-16-6-4-15(5-7-16)22-17(23)13(3)14-9-19-10-14;/h4-8,13-14,19H,9-10H2,1-3H3,(H,22,23);1H. The van der Waals surface area contributed by atoms with Crippen molar-refractivity contribution < 1.29 is 4.79 Å². The number of nitrogens with one attached hydrogen (secondary N) is 2. The van der Waals surface area contributed by atoms with Gasteiger partial charge in [0.15, 0.2) is 5.16 Å². The number of hydrogen-bond donors (Lipinski definition) is 2. The maximum Gasteiger partial charge on any atom is 0.227 e. The van der Waals surface area contributed by atoms with Gasteiger partial charge in [-0.05, 0) is 74.9 Å². The molecular weight excluding hydrogens is 356 g/mol. The van der Waals surface area contributed by atoms with Crippen LogP contribution in [0, 0.1) is 25.7 Å². The van der Waals surface area contributed by atoms with Gasteiger partial charge in [-0.1, -0.05) is 6.92 Å². The van der Waals surface area contributed by atoms with E-state index in [1.54, 1.807) is 0 Å². The summed E-state index contributed by atoms with van der Waals surface area (Å²) in [6.45, 7) is 7.79. The molecule has 25 heavy (non-hydrogen) atoms. The van der Waals surface area contributed by atoms with Crippen molar-refractivity contribution in [1.29, 1.82) is 0 Å². The first kappa shape index (κ1) is 19.7. The molecule has 1 saturated heterocycles. The summed E-state index contributed by atoms with van der Waals surface area (Å²) in [5, 5.41) is 6.94. The van der Waals surface area contributed by atoms with E-state index in [1.807, 2.05) is 51.1 Å². The van der Waals surface area contributed by atoms with E-state index in [2.05, 4.69) is 20.6 Å². The molecule has 1 aliphatic rings. The molecule has 0 spiro atoms. The van der Waals surface area contributed by atoms with Crippen LogP contribution in [-0.4, -0.2) is 29.0 Å². The Morgan fingerprint density at radius 1 is 1.20 bits per heavy atom. The number of anilines is 1. The maximum atomic E-state index is 12.2. The molecule has 134 valence electrons. The summed E-state index contributed by atoms with van der Waals surface area (Å²) < 4.78 is 0. The summed E-state index contributed by atoms with van der Waals surface area (Å²) in [5.74, 6) is 0.560. The Morgan fingerprint density at radius 2 is 1.80 bits per heavy atom. The zero-order valence-corrected chi connectivity index (χ0v) is 16.2. The summed E-state index contributed by atoms with van der Waals surface area (Å²) in [5.41, 5.74) is 2.76. The lowest BCUT2D eigenvalue weighted by Gasteiger charge is -2.31. The number of amides is 1. The molecule has 3 rings (SSSR count). The molecule has 0 aliphatic carbocycles. The van der Waals surface area contributed by atoms with E-state index in [0.29, 0.717) is 5.92 Å². The quantitative estimate of drug-likeness (QED) is 0.780. The molecule has 0 bridgehead atoms. The number of aryl methyl sites for hydroxylation is 2. The van der Waals surface area contributed by atoms with Gasteiger partial charge in [-0.3, -0.25) is 4.79 Å². The van der Waals surface area contributed by atoms with E-state index in [1.165, 1.54) is 11.8 Å². The Kier molecular flexibility index (Phi) is 6.81. The van der Waals surface area contributed by atoms with Gasteiger partial charge in [-0.25, -0.2) is 9.97 Å². The average Bonchev–Trinajstić information content (AvgIpc) is 2.46. The van der Waals surface area contributed by atoms with Crippen LogP contribution in [0.5, 0.6) is 0 Å². The highest BCUT2D eigenvalue weighted by Crippen LogP contribution is 2.26. The zero-order chi connectivity index (χ0) is 17.1. The third-order valence-electron chi connectivity index (χ3n) is 4.23. The van der Waals surface area contributed by atoms with Gasteiger partial charge < -0.3 is 10.6 Å². The largest absolute Gasteiger partial charge is 0.326 e. The number of hydrogen-bond acceptors (Lipinski definition) is 5. The number of aromatic nitrogens is 2. The molecule has 7 heteroatoms. The predicted molar refractivity (Wildman–Crippen MR) is 103 cm³/mol. The van der Waals surface area contributed by atoms with Crippen LogP contribution < -0.4 is 10.6 Å². The van der Waals surface area contributed by atoms with E-state index in [0.717, 1.165) is 40.2 Å². The minimum absolute atomic E-state index is 0. The van der Waals surface area contributed by atoms with Gasteiger partial charge in [0.1, 0.15) is 0 Å². The molecule has 2 N–H and O–H groups in total. The van der Waals surface area contributed by atoms with E-state index in [4.69, 9.17) is 0 Å². The monoisotopic (exact) mass is 378 g/mol. The Labute approximate surface area is 158 Å². The second kappa shape index (κ2) is 8.65. The van der Waals surface area contributed by atoms with Gasteiger partial charge in [0.25, 0.3) is 0 Å². The van der Waals surface area contributed by atoms with Crippen molar-refractivity contribution in [1.82, 2.24) is 15.3 Å². The Morgan fingerprint density at radius 3 is 2.32 bits per heavy atom. The van der Waals surface area contributed by atoms with Crippen molar-refractivity contribution in [2.75, 3.05) is 18.4 Å². The third kappa shape index (κ3) is 5.17. The summed E-state index contributed by atoms with van der Waals surface area (Å²) in [7, 11) is 0. The highest BCUT2D eigenvalue weighted by molar-refractivity contribution is 7.99. The molecule has 2 aromatic rings. The highest BCUT2D eigenvalue weighted by Gasteiger charge is 2.28. The minimum Gasteiger partial charge on any atom is -0.326 e. The lowest BCUT2D eigenvalue weighted by atomic mass is 9.88. The first-order valence-electron chi connectivity index (χ1n) is 8.13. The van der Waals surface area contributed by atoms with Crippen LogP contribution in [-0.2, 0) is 4.79 Å². The maximum absolute atomic E-state index is 12.2. The van der Waals surface area contributed by atoms with E-state index in [9.17, 15) is 4.79 Å². The van der Waals surface area contributed by atoms with Gasteiger partial charge in [0.05, 0.1) is 0 Å². The number of carbonyl (C=O) groups is 1. The summed E-state index contributed by atoms with van der Waals surface area (Å²) in [6.07, 6.45) is 0. The number of benzene rings is 1. The molecule has 1 unspecified atom stereocenters. The Bertz CT molecular complexity index is 714. The molecule has 1 fully saturated rings. The topological polar surface area (TPSA) is 66.9 Å². The first-order valence-corrected chi connectivity index (χ1v) is 8.94. The number of halogens is 1. The minimum atomic E-state index is 0. The highest BCUT2D eigenvalue weighted by atomic mass is 35.5. The van der Waals surface area contributed by atoms with Crippen LogP contribution in [0.25, 0.3) is 0 Å². The van der Waals surface area contributed by atoms with Crippen molar-refractivity contribution >= 4 is 35.8 Å². The number of nitrogens with zero attached hydrogens (tertiary/aromatic N) is 2. The molecule has 1 amide bonds. The van der Waals surface area contributed by atoms with E-state index < -0.39 is 0 Å². The van der Waals surface area contributed by atoms with Gasteiger partial charge >= 0.3 is 0 Å². The van der Waals surface area contributed by atoms with Crippen LogP contribution >= 0.6 is 24.2 Å². The van der Waals surface area contributed by atoms with Crippen molar-refractivity contribution in [2.45, 2.75) is 30.8 Å². The smallest absolute Gasteiger partial charge is 0.227 e. The molecule has 1 aliphatic heterocycles. The molecular formula is C18H23ClN4OS.